The number of nitrogens with zero attached hydrogens (tertiary/aromatic N) is 3. The maximum atomic E-state index is 13.3. The van der Waals surface area contributed by atoms with Gasteiger partial charge in [-0.25, -0.2) is 9.67 Å². The number of amides is 2. The number of primary amides is 1. The Morgan fingerprint density at radius 2 is 1.61 bits per heavy atom. The summed E-state index contributed by atoms with van der Waals surface area (Å²) in [6.07, 6.45) is 3.21. The number of ether oxygens (including phenoxy) is 1. The van der Waals surface area contributed by atoms with E-state index in [2.05, 4.69) is 15.4 Å². The highest BCUT2D eigenvalue weighted by atomic mass is 16.5. The molecule has 0 radical (unpaired) electrons. The summed E-state index contributed by atoms with van der Waals surface area (Å²) in [4.78, 5) is 28.9. The lowest BCUT2D eigenvalue weighted by Gasteiger charge is -2.08. The summed E-state index contributed by atoms with van der Waals surface area (Å²) in [7, 11) is 0. The van der Waals surface area contributed by atoms with E-state index in [1.807, 2.05) is 60.7 Å². The van der Waals surface area contributed by atoms with Gasteiger partial charge in [0.1, 0.15) is 11.4 Å². The lowest BCUT2D eigenvalue weighted by atomic mass is 10.1. The van der Waals surface area contributed by atoms with Crippen LogP contribution in [0.15, 0.2) is 109 Å². The van der Waals surface area contributed by atoms with Crippen LogP contribution in [0.2, 0.25) is 0 Å². The maximum Gasteiger partial charge on any atom is 0.259 e. The van der Waals surface area contributed by atoms with Crippen molar-refractivity contribution in [3.8, 4) is 28.6 Å². The molecule has 5 rings (SSSR count). The summed E-state index contributed by atoms with van der Waals surface area (Å²) in [5.74, 6) is -0.134. The minimum absolute atomic E-state index is 0.302. The third-order valence-electron chi connectivity index (χ3n) is 5.36. The van der Waals surface area contributed by atoms with Gasteiger partial charge in [0.15, 0.2) is 0 Å². The Bertz CT molecular complexity index is 1510. The Kier molecular flexibility index (Phi) is 6.23. The fourth-order valence-electron chi connectivity index (χ4n) is 3.61. The van der Waals surface area contributed by atoms with E-state index in [1.165, 1.54) is 12.3 Å². The van der Waals surface area contributed by atoms with Crippen molar-refractivity contribution in [3.05, 3.63) is 121 Å². The molecule has 0 bridgehead atoms. The zero-order valence-electron chi connectivity index (χ0n) is 19.0. The second-order valence-electron chi connectivity index (χ2n) is 7.87. The van der Waals surface area contributed by atoms with Crippen molar-refractivity contribution in [2.24, 2.45) is 5.73 Å². The quantitative estimate of drug-likeness (QED) is 0.341. The largest absolute Gasteiger partial charge is 0.439 e. The molecule has 0 unspecified atom stereocenters. The number of anilines is 1. The van der Waals surface area contributed by atoms with E-state index in [4.69, 9.17) is 10.5 Å². The van der Waals surface area contributed by atoms with Crippen LogP contribution in [0.3, 0.4) is 0 Å². The van der Waals surface area contributed by atoms with Crippen LogP contribution in [0.5, 0.6) is 11.6 Å². The van der Waals surface area contributed by atoms with E-state index in [9.17, 15) is 9.59 Å². The molecule has 8 nitrogen and oxygen atoms in total. The van der Waals surface area contributed by atoms with E-state index in [1.54, 1.807) is 41.2 Å². The minimum atomic E-state index is -0.545. The number of benzene rings is 3. The number of carbonyl (C=O) groups excluding carboxylic acids is 2. The molecule has 0 spiro atoms. The lowest BCUT2D eigenvalue weighted by Crippen LogP contribution is -2.12. The Labute approximate surface area is 207 Å². The number of carbonyl (C=O) groups is 2. The molecule has 0 atom stereocenters. The van der Waals surface area contributed by atoms with Gasteiger partial charge in [0.05, 0.1) is 23.1 Å². The predicted octanol–water partition coefficient (Wildman–Crippen LogP) is 5.08. The normalized spacial score (nSPS) is 10.6. The molecule has 0 aliphatic heterocycles. The van der Waals surface area contributed by atoms with Crippen LogP contribution >= 0.6 is 0 Å². The molecule has 3 aromatic carbocycles. The van der Waals surface area contributed by atoms with Crippen LogP contribution in [0.25, 0.3) is 16.9 Å². The average Bonchev–Trinajstić information content (AvgIpc) is 3.37. The van der Waals surface area contributed by atoms with Gasteiger partial charge in [0, 0.05) is 23.4 Å². The number of nitrogens with one attached hydrogen (secondary N) is 1. The van der Waals surface area contributed by atoms with Crippen molar-refractivity contribution in [2.75, 3.05) is 5.32 Å². The molecule has 36 heavy (non-hydrogen) atoms. The summed E-state index contributed by atoms with van der Waals surface area (Å²) < 4.78 is 7.39. The van der Waals surface area contributed by atoms with Crippen molar-refractivity contribution in [1.29, 1.82) is 0 Å². The molecule has 0 saturated carbocycles. The van der Waals surface area contributed by atoms with E-state index < -0.39 is 5.91 Å². The first-order valence-electron chi connectivity index (χ1n) is 11.1. The Morgan fingerprint density at radius 3 is 2.31 bits per heavy atom. The van der Waals surface area contributed by atoms with Crippen LogP contribution in [0.1, 0.15) is 20.7 Å². The number of nitrogens with two attached hydrogens (primary N) is 1. The third kappa shape index (κ3) is 4.97. The van der Waals surface area contributed by atoms with E-state index >= 15 is 0 Å². The standard InChI is InChI=1S/C28H21N5O3/c29-27(34)20-10-7-13-23(16-20)36-25-15-14-21(17-30-25)31-28(35)24-18-33(22-11-5-2-6-12-22)32-26(24)19-8-3-1-4-9-19/h1-18H,(H2,29,34)(H,31,35). The first-order valence-corrected chi connectivity index (χ1v) is 11.1. The minimum Gasteiger partial charge on any atom is -0.439 e. The second kappa shape index (κ2) is 9.94. The van der Waals surface area contributed by atoms with Crippen LogP contribution in [0.4, 0.5) is 5.69 Å². The fraction of sp³-hybridized carbons (Fsp3) is 0. The molecular weight excluding hydrogens is 454 g/mol. The molecule has 0 aliphatic carbocycles. The molecule has 3 N–H and O–H groups in total. The highest BCUT2D eigenvalue weighted by molar-refractivity contribution is 6.08. The van der Waals surface area contributed by atoms with Crippen molar-refractivity contribution < 1.29 is 14.3 Å². The number of hydrogen-bond donors (Lipinski definition) is 2. The van der Waals surface area contributed by atoms with E-state index in [0.717, 1.165) is 11.3 Å². The van der Waals surface area contributed by atoms with Crippen molar-refractivity contribution in [2.45, 2.75) is 0 Å². The lowest BCUT2D eigenvalue weighted by molar-refractivity contribution is 0.0997. The predicted molar refractivity (Wildman–Crippen MR) is 136 cm³/mol. The average molecular weight is 476 g/mol. The fourth-order valence-corrected chi connectivity index (χ4v) is 3.61. The number of pyridine rings is 1. The van der Waals surface area contributed by atoms with Gasteiger partial charge in [-0.05, 0) is 36.4 Å². The molecule has 0 fully saturated rings. The molecule has 5 aromatic rings. The summed E-state index contributed by atoms with van der Waals surface area (Å²) in [6.45, 7) is 0. The molecule has 176 valence electrons. The highest BCUT2D eigenvalue weighted by Gasteiger charge is 2.19. The van der Waals surface area contributed by atoms with E-state index in [0.29, 0.717) is 34.1 Å². The van der Waals surface area contributed by atoms with Crippen LogP contribution < -0.4 is 15.8 Å². The summed E-state index contributed by atoms with van der Waals surface area (Å²) in [5.41, 5.74) is 8.81. The molecule has 0 saturated heterocycles. The summed E-state index contributed by atoms with van der Waals surface area (Å²) >= 11 is 0. The third-order valence-corrected chi connectivity index (χ3v) is 5.36. The Balaban J connectivity index is 1.37. The first-order chi connectivity index (χ1) is 17.6. The van der Waals surface area contributed by atoms with Crippen LogP contribution in [-0.2, 0) is 0 Å². The summed E-state index contributed by atoms with van der Waals surface area (Å²) in [5, 5.41) is 7.56. The van der Waals surface area contributed by atoms with Crippen LogP contribution in [-0.4, -0.2) is 26.6 Å². The molecular formula is C28H21N5O3. The first kappa shape index (κ1) is 22.5. The zero-order chi connectivity index (χ0) is 24.9. The number of hydrogen-bond acceptors (Lipinski definition) is 5. The summed E-state index contributed by atoms with van der Waals surface area (Å²) in [6, 6.07) is 29.0. The van der Waals surface area contributed by atoms with Gasteiger partial charge < -0.3 is 15.8 Å². The van der Waals surface area contributed by atoms with Gasteiger partial charge in [-0.1, -0.05) is 54.6 Å². The number of aromatic nitrogens is 3. The van der Waals surface area contributed by atoms with Crippen molar-refractivity contribution >= 4 is 17.5 Å². The van der Waals surface area contributed by atoms with Gasteiger partial charge in [0.25, 0.3) is 5.91 Å². The molecule has 8 heteroatoms. The van der Waals surface area contributed by atoms with Crippen LogP contribution in [0, 0.1) is 0 Å². The molecule has 2 amide bonds. The number of rotatable bonds is 7. The van der Waals surface area contributed by atoms with Gasteiger partial charge in [-0.15, -0.1) is 0 Å². The van der Waals surface area contributed by atoms with Gasteiger partial charge in [0.2, 0.25) is 11.8 Å². The zero-order valence-corrected chi connectivity index (χ0v) is 19.0. The molecule has 2 heterocycles. The number of para-hydroxylation sites is 1. The topological polar surface area (TPSA) is 112 Å². The molecule has 2 aromatic heterocycles. The SMILES string of the molecule is NC(=O)c1cccc(Oc2ccc(NC(=O)c3cn(-c4ccccc4)nc3-c3ccccc3)cn2)c1. The van der Waals surface area contributed by atoms with Gasteiger partial charge in [-0.3, -0.25) is 9.59 Å². The Morgan fingerprint density at radius 1 is 0.861 bits per heavy atom. The van der Waals surface area contributed by atoms with Crippen molar-refractivity contribution in [1.82, 2.24) is 14.8 Å². The molecule has 0 aliphatic rings. The van der Waals surface area contributed by atoms with E-state index in [-0.39, 0.29) is 5.91 Å². The monoisotopic (exact) mass is 475 g/mol. The second-order valence-corrected chi connectivity index (χ2v) is 7.87. The smallest absolute Gasteiger partial charge is 0.259 e. The Hall–Kier alpha value is -5.24. The van der Waals surface area contributed by atoms with Gasteiger partial charge in [-0.2, -0.15) is 5.10 Å². The maximum absolute atomic E-state index is 13.3. The highest BCUT2D eigenvalue weighted by Crippen LogP contribution is 2.26. The van der Waals surface area contributed by atoms with Gasteiger partial charge >= 0.3 is 0 Å². The van der Waals surface area contributed by atoms with Crippen molar-refractivity contribution in [3.63, 3.8) is 0 Å².